The average molecular weight is 214 g/mol. The number of benzene rings is 1. The minimum atomic E-state index is 0.250. The van der Waals surface area contributed by atoms with Gasteiger partial charge in [-0.05, 0) is 35.9 Å². The van der Waals surface area contributed by atoms with Crippen molar-refractivity contribution in [2.45, 2.75) is 13.5 Å². The maximum atomic E-state index is 9.39. The zero-order valence-corrected chi connectivity index (χ0v) is 8.75. The first-order chi connectivity index (χ1) is 7.70. The van der Waals surface area contributed by atoms with E-state index in [1.54, 1.807) is 18.2 Å². The summed E-state index contributed by atoms with van der Waals surface area (Å²) in [4.78, 5) is 1.34. The lowest BCUT2D eigenvalue weighted by molar-refractivity contribution is 0.471. The first kappa shape index (κ1) is 10.2. The van der Waals surface area contributed by atoms with Gasteiger partial charge in [0.05, 0.1) is 0 Å². The van der Waals surface area contributed by atoms with Crippen LogP contribution in [0, 0.1) is 19.3 Å². The Labute approximate surface area is 92.7 Å². The van der Waals surface area contributed by atoms with Crippen molar-refractivity contribution < 1.29 is 5.11 Å². The molecule has 0 aliphatic carbocycles. The van der Waals surface area contributed by atoms with E-state index in [2.05, 4.69) is 21.3 Å². The Kier molecular flexibility index (Phi) is 2.56. The van der Waals surface area contributed by atoms with Crippen LogP contribution in [-0.4, -0.2) is 25.3 Å². The molecule has 0 atom stereocenters. The molecule has 0 aliphatic rings. The van der Waals surface area contributed by atoms with E-state index in [1.807, 2.05) is 6.92 Å². The van der Waals surface area contributed by atoms with E-state index in [0.29, 0.717) is 12.4 Å². The fourth-order valence-electron chi connectivity index (χ4n) is 1.30. The number of phenols is 1. The van der Waals surface area contributed by atoms with Crippen LogP contribution < -0.4 is 0 Å². The monoisotopic (exact) mass is 214 g/mol. The van der Waals surface area contributed by atoms with E-state index < -0.39 is 0 Å². The molecule has 1 aromatic heterocycles. The van der Waals surface area contributed by atoms with Crippen LogP contribution in [0.25, 0.3) is 11.4 Å². The predicted molar refractivity (Wildman–Crippen MR) is 58.5 cm³/mol. The van der Waals surface area contributed by atoms with E-state index in [-0.39, 0.29) is 5.75 Å². The molecule has 5 nitrogen and oxygen atoms in total. The van der Waals surface area contributed by atoms with Crippen molar-refractivity contribution in [2.75, 3.05) is 0 Å². The zero-order chi connectivity index (χ0) is 11.5. The second-order valence-electron chi connectivity index (χ2n) is 3.35. The quantitative estimate of drug-likeness (QED) is 0.757. The summed E-state index contributed by atoms with van der Waals surface area (Å²) >= 11 is 0. The van der Waals surface area contributed by atoms with E-state index >= 15 is 0 Å². The molecule has 2 aromatic rings. The number of rotatable bonds is 2. The van der Waals surface area contributed by atoms with Gasteiger partial charge in [-0.1, -0.05) is 5.92 Å². The molecule has 80 valence electrons. The number of hydrogen-bond acceptors (Lipinski definition) is 4. The molecule has 0 aliphatic heterocycles. The van der Waals surface area contributed by atoms with Gasteiger partial charge in [-0.2, -0.15) is 4.80 Å². The molecule has 5 heteroatoms. The summed E-state index contributed by atoms with van der Waals surface area (Å²) in [5, 5.41) is 21.2. The Bertz CT molecular complexity index is 553. The summed E-state index contributed by atoms with van der Waals surface area (Å²) in [6.45, 7) is 2.11. The van der Waals surface area contributed by atoms with E-state index in [4.69, 9.17) is 6.42 Å². The van der Waals surface area contributed by atoms with Crippen molar-refractivity contribution in [2.24, 2.45) is 0 Å². The van der Waals surface area contributed by atoms with Gasteiger partial charge < -0.3 is 5.11 Å². The maximum Gasteiger partial charge on any atom is 0.204 e. The van der Waals surface area contributed by atoms with Gasteiger partial charge in [-0.15, -0.1) is 16.6 Å². The van der Waals surface area contributed by atoms with Crippen LogP contribution in [-0.2, 0) is 6.54 Å². The van der Waals surface area contributed by atoms with Gasteiger partial charge in [-0.25, -0.2) is 0 Å². The van der Waals surface area contributed by atoms with Crippen molar-refractivity contribution >= 4 is 0 Å². The number of aromatic nitrogens is 4. The first-order valence-electron chi connectivity index (χ1n) is 4.72. The second kappa shape index (κ2) is 4.03. The average Bonchev–Trinajstić information content (AvgIpc) is 2.71. The Balaban J connectivity index is 2.36. The summed E-state index contributed by atoms with van der Waals surface area (Å²) in [5.74, 6) is 3.18. The van der Waals surface area contributed by atoms with Crippen molar-refractivity contribution in [1.29, 1.82) is 0 Å². The topological polar surface area (TPSA) is 63.8 Å². The highest BCUT2D eigenvalue weighted by Gasteiger charge is 2.06. The molecule has 0 unspecified atom stereocenters. The fourth-order valence-corrected chi connectivity index (χ4v) is 1.30. The number of nitrogens with zero attached hydrogens (tertiary/aromatic N) is 4. The van der Waals surface area contributed by atoms with Gasteiger partial charge in [0.25, 0.3) is 0 Å². The lowest BCUT2D eigenvalue weighted by Crippen LogP contribution is -1.99. The normalized spacial score (nSPS) is 10.0. The van der Waals surface area contributed by atoms with Gasteiger partial charge in [0.1, 0.15) is 12.3 Å². The lowest BCUT2D eigenvalue weighted by Gasteiger charge is -1.99. The van der Waals surface area contributed by atoms with Crippen LogP contribution in [0.5, 0.6) is 5.75 Å². The molecule has 0 fully saturated rings. The summed E-state index contributed by atoms with van der Waals surface area (Å²) < 4.78 is 0. The Morgan fingerprint density at radius 3 is 3.00 bits per heavy atom. The minimum absolute atomic E-state index is 0.250. The minimum Gasteiger partial charge on any atom is -0.508 e. The van der Waals surface area contributed by atoms with Crippen LogP contribution in [0.15, 0.2) is 18.2 Å². The van der Waals surface area contributed by atoms with Crippen molar-refractivity contribution in [3.8, 4) is 29.5 Å². The SMILES string of the molecule is C#CCn1nnc(-c2ccc(O)c(C)c2)n1. The van der Waals surface area contributed by atoms with E-state index in [0.717, 1.165) is 11.1 Å². The molecule has 0 amide bonds. The molecule has 0 saturated carbocycles. The van der Waals surface area contributed by atoms with Gasteiger partial charge in [0.15, 0.2) is 0 Å². The second-order valence-corrected chi connectivity index (χ2v) is 3.35. The number of terminal acetylenes is 1. The number of phenolic OH excluding ortho intramolecular Hbond substituents is 1. The lowest BCUT2D eigenvalue weighted by atomic mass is 10.1. The van der Waals surface area contributed by atoms with Gasteiger partial charge in [0, 0.05) is 5.56 Å². The number of aromatic hydroxyl groups is 1. The molecule has 1 heterocycles. The molecular formula is C11H10N4O. The Hall–Kier alpha value is -2.35. The van der Waals surface area contributed by atoms with Crippen LogP contribution in [0.1, 0.15) is 5.56 Å². The third kappa shape index (κ3) is 1.86. The third-order valence-corrected chi connectivity index (χ3v) is 2.14. The summed E-state index contributed by atoms with van der Waals surface area (Å²) in [6.07, 6.45) is 5.14. The fraction of sp³-hybridized carbons (Fsp3) is 0.182. The molecule has 16 heavy (non-hydrogen) atoms. The summed E-state index contributed by atoms with van der Waals surface area (Å²) in [6, 6.07) is 5.14. The van der Waals surface area contributed by atoms with E-state index in [1.165, 1.54) is 4.80 Å². The maximum absolute atomic E-state index is 9.39. The predicted octanol–water partition coefficient (Wildman–Crippen LogP) is 0.987. The molecule has 0 radical (unpaired) electrons. The first-order valence-corrected chi connectivity index (χ1v) is 4.72. The zero-order valence-electron chi connectivity index (χ0n) is 8.75. The van der Waals surface area contributed by atoms with E-state index in [9.17, 15) is 5.11 Å². The standard InChI is InChI=1S/C11H10N4O/c1-3-6-15-13-11(12-14-15)9-4-5-10(16)8(2)7-9/h1,4-5,7,16H,6H2,2H3. The molecular weight excluding hydrogens is 204 g/mol. The van der Waals surface area contributed by atoms with Crippen LogP contribution in [0.3, 0.4) is 0 Å². The molecule has 0 bridgehead atoms. The summed E-state index contributed by atoms with van der Waals surface area (Å²) in [5.41, 5.74) is 1.57. The number of tetrazole rings is 1. The Morgan fingerprint density at radius 2 is 2.31 bits per heavy atom. The number of hydrogen-bond donors (Lipinski definition) is 1. The van der Waals surface area contributed by atoms with Crippen LogP contribution in [0.4, 0.5) is 0 Å². The molecule has 1 N–H and O–H groups in total. The molecule has 0 saturated heterocycles. The van der Waals surface area contributed by atoms with Crippen molar-refractivity contribution in [3.05, 3.63) is 23.8 Å². The molecule has 1 aromatic carbocycles. The van der Waals surface area contributed by atoms with Crippen LogP contribution in [0.2, 0.25) is 0 Å². The largest absolute Gasteiger partial charge is 0.508 e. The van der Waals surface area contributed by atoms with Crippen LogP contribution >= 0.6 is 0 Å². The smallest absolute Gasteiger partial charge is 0.204 e. The highest BCUT2D eigenvalue weighted by Crippen LogP contribution is 2.22. The van der Waals surface area contributed by atoms with Crippen molar-refractivity contribution in [1.82, 2.24) is 20.2 Å². The molecule has 2 rings (SSSR count). The Morgan fingerprint density at radius 1 is 1.50 bits per heavy atom. The summed E-state index contributed by atoms with van der Waals surface area (Å²) in [7, 11) is 0. The number of aryl methyl sites for hydroxylation is 1. The van der Waals surface area contributed by atoms with Gasteiger partial charge >= 0.3 is 0 Å². The third-order valence-electron chi connectivity index (χ3n) is 2.14. The van der Waals surface area contributed by atoms with Gasteiger partial charge in [0.2, 0.25) is 5.82 Å². The highest BCUT2D eigenvalue weighted by molar-refractivity contribution is 5.57. The highest BCUT2D eigenvalue weighted by atomic mass is 16.3. The van der Waals surface area contributed by atoms with Crippen molar-refractivity contribution in [3.63, 3.8) is 0 Å². The van der Waals surface area contributed by atoms with Gasteiger partial charge in [-0.3, -0.25) is 0 Å². The molecule has 0 spiro atoms.